The lowest BCUT2D eigenvalue weighted by Crippen LogP contribution is -2.35. The SMILES string of the molecule is C=CC(=O)C1CC[C@@H](N(C)C(=O)c2ccc(CNc3cc(C(C)(C)C)c(Cl)cc3O)o2)C1. The maximum absolute atomic E-state index is 12.9. The first-order valence-electron chi connectivity index (χ1n) is 10.8. The Kier molecular flexibility index (Phi) is 7.03. The Morgan fingerprint density at radius 1 is 1.31 bits per heavy atom. The summed E-state index contributed by atoms with van der Waals surface area (Å²) in [6.45, 7) is 10.0. The molecule has 2 aromatic rings. The topological polar surface area (TPSA) is 82.8 Å². The molecule has 1 unspecified atom stereocenters. The summed E-state index contributed by atoms with van der Waals surface area (Å²) in [5.74, 6) is 0.639. The van der Waals surface area contributed by atoms with Gasteiger partial charge in [-0.25, -0.2) is 0 Å². The number of carbonyl (C=O) groups excluding carboxylic acids is 2. The number of hydrogen-bond donors (Lipinski definition) is 2. The quantitative estimate of drug-likeness (QED) is 0.420. The summed E-state index contributed by atoms with van der Waals surface area (Å²) in [5, 5.41) is 13.9. The van der Waals surface area contributed by atoms with Crippen LogP contribution < -0.4 is 5.32 Å². The van der Waals surface area contributed by atoms with E-state index in [1.54, 1.807) is 24.1 Å². The van der Waals surface area contributed by atoms with Gasteiger partial charge in [-0.15, -0.1) is 0 Å². The van der Waals surface area contributed by atoms with Crippen LogP contribution in [0.1, 0.15) is 61.9 Å². The molecule has 3 rings (SSSR count). The van der Waals surface area contributed by atoms with Crippen LogP contribution in [0, 0.1) is 5.92 Å². The fourth-order valence-corrected chi connectivity index (χ4v) is 4.56. The first kappa shape index (κ1) is 23.9. The summed E-state index contributed by atoms with van der Waals surface area (Å²) < 4.78 is 5.76. The zero-order chi connectivity index (χ0) is 23.6. The van der Waals surface area contributed by atoms with Crippen LogP contribution in [0.15, 0.2) is 41.3 Å². The summed E-state index contributed by atoms with van der Waals surface area (Å²) in [6.07, 6.45) is 3.56. The largest absolute Gasteiger partial charge is 0.506 e. The fourth-order valence-electron chi connectivity index (χ4n) is 4.12. The summed E-state index contributed by atoms with van der Waals surface area (Å²) >= 11 is 6.29. The fraction of sp³-hybridized carbons (Fsp3) is 0.440. The number of phenols is 1. The first-order valence-corrected chi connectivity index (χ1v) is 11.2. The molecule has 0 saturated heterocycles. The van der Waals surface area contributed by atoms with E-state index in [0.29, 0.717) is 29.4 Å². The number of phenolic OH excluding ortho intramolecular Hbond substituents is 1. The minimum atomic E-state index is -0.211. The zero-order valence-corrected chi connectivity index (χ0v) is 19.8. The Morgan fingerprint density at radius 3 is 2.69 bits per heavy atom. The van der Waals surface area contributed by atoms with Crippen molar-refractivity contribution in [3.8, 4) is 5.75 Å². The third-order valence-electron chi connectivity index (χ3n) is 6.10. The predicted molar refractivity (Wildman–Crippen MR) is 126 cm³/mol. The van der Waals surface area contributed by atoms with Gasteiger partial charge in [-0.05, 0) is 54.5 Å². The second kappa shape index (κ2) is 9.41. The van der Waals surface area contributed by atoms with Gasteiger partial charge in [0.25, 0.3) is 5.91 Å². The highest BCUT2D eigenvalue weighted by molar-refractivity contribution is 6.31. The van der Waals surface area contributed by atoms with Crippen molar-refractivity contribution in [3.63, 3.8) is 0 Å². The van der Waals surface area contributed by atoms with Crippen molar-refractivity contribution < 1.29 is 19.1 Å². The van der Waals surface area contributed by atoms with Gasteiger partial charge in [0.15, 0.2) is 11.5 Å². The molecule has 0 aliphatic heterocycles. The van der Waals surface area contributed by atoms with Crippen LogP contribution in [-0.2, 0) is 16.8 Å². The average Bonchev–Trinajstić information content (AvgIpc) is 3.40. The zero-order valence-electron chi connectivity index (χ0n) is 19.1. The number of nitrogens with zero attached hydrogens (tertiary/aromatic N) is 1. The van der Waals surface area contributed by atoms with Crippen molar-refractivity contribution in [3.05, 3.63) is 59.0 Å². The molecule has 1 aliphatic rings. The number of benzene rings is 1. The van der Waals surface area contributed by atoms with Gasteiger partial charge < -0.3 is 19.7 Å². The van der Waals surface area contributed by atoms with E-state index in [9.17, 15) is 14.7 Å². The molecule has 32 heavy (non-hydrogen) atoms. The minimum Gasteiger partial charge on any atom is -0.506 e. The lowest BCUT2D eigenvalue weighted by molar-refractivity contribution is -0.118. The van der Waals surface area contributed by atoms with E-state index in [2.05, 4.69) is 32.7 Å². The van der Waals surface area contributed by atoms with E-state index in [1.165, 1.54) is 12.1 Å². The lowest BCUT2D eigenvalue weighted by atomic mass is 9.86. The summed E-state index contributed by atoms with van der Waals surface area (Å²) in [6, 6.07) is 6.76. The molecule has 1 saturated carbocycles. The molecule has 1 aromatic heterocycles. The Labute approximate surface area is 194 Å². The van der Waals surface area contributed by atoms with Gasteiger partial charge in [-0.1, -0.05) is 39.0 Å². The van der Waals surface area contributed by atoms with E-state index in [-0.39, 0.29) is 40.6 Å². The molecular formula is C25H31ClN2O4. The van der Waals surface area contributed by atoms with E-state index in [0.717, 1.165) is 18.4 Å². The van der Waals surface area contributed by atoms with Crippen molar-refractivity contribution in [2.24, 2.45) is 5.92 Å². The second-order valence-electron chi connectivity index (χ2n) is 9.41. The Morgan fingerprint density at radius 2 is 2.03 bits per heavy atom. The number of halogens is 1. The van der Waals surface area contributed by atoms with E-state index < -0.39 is 0 Å². The van der Waals surface area contributed by atoms with Crippen LogP contribution in [0.3, 0.4) is 0 Å². The summed E-state index contributed by atoms with van der Waals surface area (Å²) in [5.41, 5.74) is 1.29. The predicted octanol–water partition coefficient (Wildman–Crippen LogP) is 5.54. The van der Waals surface area contributed by atoms with Crippen molar-refractivity contribution >= 4 is 29.0 Å². The molecule has 1 fully saturated rings. The smallest absolute Gasteiger partial charge is 0.289 e. The van der Waals surface area contributed by atoms with E-state index >= 15 is 0 Å². The maximum Gasteiger partial charge on any atom is 0.289 e. The monoisotopic (exact) mass is 458 g/mol. The van der Waals surface area contributed by atoms with E-state index in [1.807, 2.05) is 6.07 Å². The number of ketones is 1. The molecule has 0 bridgehead atoms. The normalized spacial score (nSPS) is 18.4. The lowest BCUT2D eigenvalue weighted by Gasteiger charge is -2.23. The number of anilines is 1. The van der Waals surface area contributed by atoms with Crippen LogP contribution in [0.2, 0.25) is 5.02 Å². The molecule has 2 atom stereocenters. The molecule has 1 amide bonds. The highest BCUT2D eigenvalue weighted by Crippen LogP contribution is 2.37. The molecule has 0 radical (unpaired) electrons. The molecule has 1 aliphatic carbocycles. The molecule has 7 heteroatoms. The highest BCUT2D eigenvalue weighted by atomic mass is 35.5. The molecule has 0 spiro atoms. The number of hydrogen-bond acceptors (Lipinski definition) is 5. The Bertz CT molecular complexity index is 1020. The van der Waals surface area contributed by atoms with Crippen LogP contribution in [-0.4, -0.2) is 34.8 Å². The van der Waals surface area contributed by atoms with E-state index in [4.69, 9.17) is 16.0 Å². The highest BCUT2D eigenvalue weighted by Gasteiger charge is 2.33. The first-order chi connectivity index (χ1) is 15.0. The molecular weight excluding hydrogens is 428 g/mol. The van der Waals surface area contributed by atoms with Crippen LogP contribution in [0.4, 0.5) is 5.69 Å². The van der Waals surface area contributed by atoms with Crippen molar-refractivity contribution in [1.29, 1.82) is 0 Å². The van der Waals surface area contributed by atoms with Crippen LogP contribution >= 0.6 is 11.6 Å². The number of allylic oxidation sites excluding steroid dienone is 1. The van der Waals surface area contributed by atoms with Gasteiger partial charge >= 0.3 is 0 Å². The Hall–Kier alpha value is -2.73. The van der Waals surface area contributed by atoms with Gasteiger partial charge in [0.05, 0.1) is 12.2 Å². The van der Waals surface area contributed by atoms with Crippen LogP contribution in [0.5, 0.6) is 5.75 Å². The van der Waals surface area contributed by atoms with Crippen molar-refractivity contribution in [1.82, 2.24) is 4.90 Å². The van der Waals surface area contributed by atoms with Crippen molar-refractivity contribution in [2.45, 2.75) is 58.0 Å². The number of carbonyl (C=O) groups is 2. The average molecular weight is 459 g/mol. The van der Waals surface area contributed by atoms with Crippen LogP contribution in [0.25, 0.3) is 0 Å². The third kappa shape index (κ3) is 5.18. The number of rotatable bonds is 7. The molecule has 1 aromatic carbocycles. The molecule has 172 valence electrons. The number of aromatic hydroxyl groups is 1. The third-order valence-corrected chi connectivity index (χ3v) is 6.41. The van der Waals surface area contributed by atoms with Gasteiger partial charge in [0.1, 0.15) is 11.5 Å². The van der Waals surface area contributed by atoms with Gasteiger partial charge in [0.2, 0.25) is 0 Å². The molecule has 2 N–H and O–H groups in total. The molecule has 1 heterocycles. The standard InChI is InChI=1S/C25H31ClN2O4/c1-6-21(29)15-7-8-16(11-15)28(5)24(31)23-10-9-17(32-23)14-27-20-12-18(25(2,3)4)19(26)13-22(20)30/h6,9-10,12-13,15-16,27,30H,1,7-8,11,14H2,2-5H3/t15?,16-/m1/s1. The second-order valence-corrected chi connectivity index (χ2v) is 9.81. The van der Waals surface area contributed by atoms with Crippen molar-refractivity contribution in [2.75, 3.05) is 12.4 Å². The molecule has 6 nitrogen and oxygen atoms in total. The minimum absolute atomic E-state index is 0.00454. The number of nitrogens with one attached hydrogen (secondary N) is 1. The van der Waals surface area contributed by atoms with Gasteiger partial charge in [0, 0.05) is 30.1 Å². The van der Waals surface area contributed by atoms with Gasteiger partial charge in [-0.3, -0.25) is 9.59 Å². The Balaban J connectivity index is 1.65. The summed E-state index contributed by atoms with van der Waals surface area (Å²) in [4.78, 5) is 26.4. The number of furan rings is 1. The number of amides is 1. The maximum atomic E-state index is 12.9. The van der Waals surface area contributed by atoms with Gasteiger partial charge in [-0.2, -0.15) is 0 Å². The summed E-state index contributed by atoms with van der Waals surface area (Å²) in [7, 11) is 1.74.